The highest BCUT2D eigenvalue weighted by molar-refractivity contribution is 6.34. The molecule has 0 saturated heterocycles. The van der Waals surface area contributed by atoms with E-state index in [0.717, 1.165) is 27.9 Å². The lowest BCUT2D eigenvalue weighted by atomic mass is 9.94. The summed E-state index contributed by atoms with van der Waals surface area (Å²) in [7, 11) is 0. The maximum Gasteiger partial charge on any atom is 0.0709 e. The SMILES string of the molecule is CCc1cnc2cc(-c3c(C)cccc3C)c(Cl)cc2c1. The molecule has 1 aromatic heterocycles. The highest BCUT2D eigenvalue weighted by atomic mass is 35.5. The molecule has 2 heteroatoms. The van der Waals surface area contributed by atoms with Gasteiger partial charge in [0.05, 0.1) is 5.52 Å². The van der Waals surface area contributed by atoms with Gasteiger partial charge in [-0.25, -0.2) is 0 Å². The number of hydrogen-bond acceptors (Lipinski definition) is 1. The van der Waals surface area contributed by atoms with Gasteiger partial charge in [0.15, 0.2) is 0 Å². The van der Waals surface area contributed by atoms with Crippen molar-refractivity contribution >= 4 is 22.5 Å². The van der Waals surface area contributed by atoms with Gasteiger partial charge in [0.1, 0.15) is 0 Å². The quantitative estimate of drug-likeness (QED) is 0.588. The number of pyridine rings is 1. The van der Waals surface area contributed by atoms with E-state index in [1.165, 1.54) is 22.3 Å². The van der Waals surface area contributed by atoms with E-state index in [4.69, 9.17) is 11.6 Å². The summed E-state index contributed by atoms with van der Waals surface area (Å²) >= 11 is 6.55. The van der Waals surface area contributed by atoms with Gasteiger partial charge in [-0.1, -0.05) is 36.7 Å². The lowest BCUT2D eigenvalue weighted by Gasteiger charge is -2.13. The van der Waals surface area contributed by atoms with Crippen LogP contribution >= 0.6 is 11.6 Å². The first-order valence-corrected chi connectivity index (χ1v) is 7.62. The summed E-state index contributed by atoms with van der Waals surface area (Å²) in [6.07, 6.45) is 2.93. The number of halogens is 1. The van der Waals surface area contributed by atoms with E-state index >= 15 is 0 Å². The molecule has 1 nitrogen and oxygen atoms in total. The molecular weight excluding hydrogens is 278 g/mol. The number of hydrogen-bond donors (Lipinski definition) is 0. The van der Waals surface area contributed by atoms with Gasteiger partial charge in [-0.2, -0.15) is 0 Å². The van der Waals surface area contributed by atoms with E-state index in [-0.39, 0.29) is 0 Å². The van der Waals surface area contributed by atoms with Crippen LogP contribution in [0.15, 0.2) is 42.6 Å². The summed E-state index contributed by atoms with van der Waals surface area (Å²) < 4.78 is 0. The van der Waals surface area contributed by atoms with Crippen LogP contribution in [0.1, 0.15) is 23.6 Å². The predicted molar refractivity (Wildman–Crippen MR) is 91.0 cm³/mol. The fourth-order valence-corrected chi connectivity index (χ4v) is 3.08. The van der Waals surface area contributed by atoms with Crippen molar-refractivity contribution in [2.24, 2.45) is 0 Å². The van der Waals surface area contributed by atoms with Crippen LogP contribution in [0.4, 0.5) is 0 Å². The molecule has 3 rings (SSSR count). The molecule has 0 spiro atoms. The average molecular weight is 296 g/mol. The molecule has 0 fully saturated rings. The molecule has 106 valence electrons. The van der Waals surface area contributed by atoms with E-state index < -0.39 is 0 Å². The highest BCUT2D eigenvalue weighted by Crippen LogP contribution is 2.35. The molecule has 0 bridgehead atoms. The summed E-state index contributed by atoms with van der Waals surface area (Å²) in [5.74, 6) is 0. The second kappa shape index (κ2) is 5.50. The van der Waals surface area contributed by atoms with Gasteiger partial charge in [0.25, 0.3) is 0 Å². The minimum Gasteiger partial charge on any atom is -0.256 e. The molecular formula is C19H18ClN. The first kappa shape index (κ1) is 14.1. The number of aromatic nitrogens is 1. The van der Waals surface area contributed by atoms with Crippen LogP contribution in [0, 0.1) is 13.8 Å². The van der Waals surface area contributed by atoms with Crippen molar-refractivity contribution < 1.29 is 0 Å². The van der Waals surface area contributed by atoms with Crippen LogP contribution in [0.25, 0.3) is 22.0 Å². The molecule has 3 aromatic rings. The van der Waals surface area contributed by atoms with Gasteiger partial charge in [0, 0.05) is 22.2 Å². The normalized spacial score (nSPS) is 11.0. The van der Waals surface area contributed by atoms with E-state index in [2.05, 4.69) is 56.1 Å². The molecule has 0 aliphatic carbocycles. The zero-order chi connectivity index (χ0) is 15.0. The fourth-order valence-electron chi connectivity index (χ4n) is 2.82. The zero-order valence-electron chi connectivity index (χ0n) is 12.6. The summed E-state index contributed by atoms with van der Waals surface area (Å²) in [4.78, 5) is 4.58. The van der Waals surface area contributed by atoms with Gasteiger partial charge in [0.2, 0.25) is 0 Å². The Labute approximate surface area is 130 Å². The third-order valence-electron chi connectivity index (χ3n) is 3.99. The van der Waals surface area contributed by atoms with E-state index in [0.29, 0.717) is 0 Å². The Bertz CT molecular complexity index is 801. The summed E-state index contributed by atoms with van der Waals surface area (Å²) in [6.45, 7) is 6.38. The Hall–Kier alpha value is -1.86. The van der Waals surface area contributed by atoms with Crippen LogP contribution in [-0.4, -0.2) is 4.98 Å². The number of nitrogens with zero attached hydrogens (tertiary/aromatic N) is 1. The molecule has 0 aliphatic heterocycles. The number of rotatable bonds is 2. The molecule has 0 radical (unpaired) electrons. The van der Waals surface area contributed by atoms with Gasteiger partial charge < -0.3 is 0 Å². The second-order valence-electron chi connectivity index (χ2n) is 5.49. The lowest BCUT2D eigenvalue weighted by molar-refractivity contribution is 1.12. The molecule has 2 aromatic carbocycles. The van der Waals surface area contributed by atoms with Crippen molar-refractivity contribution in [2.75, 3.05) is 0 Å². The van der Waals surface area contributed by atoms with Crippen molar-refractivity contribution in [1.29, 1.82) is 0 Å². The molecule has 0 aliphatic rings. The van der Waals surface area contributed by atoms with Crippen molar-refractivity contribution in [3.63, 3.8) is 0 Å². The monoisotopic (exact) mass is 295 g/mol. The maximum atomic E-state index is 6.55. The van der Waals surface area contributed by atoms with Gasteiger partial charge in [-0.15, -0.1) is 0 Å². The Kier molecular flexibility index (Phi) is 3.69. The van der Waals surface area contributed by atoms with Crippen LogP contribution in [0.2, 0.25) is 5.02 Å². The molecule has 0 saturated carbocycles. The van der Waals surface area contributed by atoms with Crippen molar-refractivity contribution in [1.82, 2.24) is 4.98 Å². The van der Waals surface area contributed by atoms with E-state index in [1.54, 1.807) is 0 Å². The zero-order valence-corrected chi connectivity index (χ0v) is 13.3. The first-order valence-electron chi connectivity index (χ1n) is 7.25. The second-order valence-corrected chi connectivity index (χ2v) is 5.90. The van der Waals surface area contributed by atoms with Crippen molar-refractivity contribution in [2.45, 2.75) is 27.2 Å². The van der Waals surface area contributed by atoms with Crippen molar-refractivity contribution in [3.8, 4) is 11.1 Å². The Balaban J connectivity index is 2.27. The minimum absolute atomic E-state index is 0.787. The standard InChI is InChI=1S/C19H18ClN/c1-4-14-8-15-9-17(20)16(10-18(15)21-11-14)19-12(2)6-5-7-13(19)3/h5-11H,4H2,1-3H3. The highest BCUT2D eigenvalue weighted by Gasteiger charge is 2.11. The summed E-state index contributed by atoms with van der Waals surface area (Å²) in [5, 5.41) is 1.89. The van der Waals surface area contributed by atoms with Crippen LogP contribution in [-0.2, 0) is 6.42 Å². The van der Waals surface area contributed by atoms with Crippen LogP contribution < -0.4 is 0 Å². The largest absolute Gasteiger partial charge is 0.256 e. The minimum atomic E-state index is 0.787. The molecule has 0 N–H and O–H groups in total. The van der Waals surface area contributed by atoms with E-state index in [9.17, 15) is 0 Å². The van der Waals surface area contributed by atoms with Crippen molar-refractivity contribution in [3.05, 3.63) is 64.3 Å². The maximum absolute atomic E-state index is 6.55. The van der Waals surface area contributed by atoms with Crippen LogP contribution in [0.3, 0.4) is 0 Å². The van der Waals surface area contributed by atoms with Gasteiger partial charge in [-0.05, 0) is 60.7 Å². The average Bonchev–Trinajstić information content (AvgIpc) is 2.47. The molecule has 0 unspecified atom stereocenters. The summed E-state index contributed by atoms with van der Waals surface area (Å²) in [6, 6.07) is 12.6. The van der Waals surface area contributed by atoms with Crippen LogP contribution in [0.5, 0.6) is 0 Å². The first-order chi connectivity index (χ1) is 10.1. The molecule has 0 atom stereocenters. The number of aryl methyl sites for hydroxylation is 3. The topological polar surface area (TPSA) is 12.9 Å². The molecule has 1 heterocycles. The molecule has 0 amide bonds. The predicted octanol–water partition coefficient (Wildman–Crippen LogP) is 5.73. The third-order valence-corrected chi connectivity index (χ3v) is 4.30. The Morgan fingerprint density at radius 1 is 1.05 bits per heavy atom. The third kappa shape index (κ3) is 2.54. The summed E-state index contributed by atoms with van der Waals surface area (Å²) in [5.41, 5.74) is 6.98. The fraction of sp³-hybridized carbons (Fsp3) is 0.211. The van der Waals surface area contributed by atoms with Gasteiger partial charge in [-0.3, -0.25) is 4.98 Å². The van der Waals surface area contributed by atoms with Gasteiger partial charge >= 0.3 is 0 Å². The number of benzene rings is 2. The van der Waals surface area contributed by atoms with E-state index in [1.807, 2.05) is 12.3 Å². The Morgan fingerprint density at radius 3 is 2.43 bits per heavy atom. The number of fused-ring (bicyclic) bond motifs is 1. The Morgan fingerprint density at radius 2 is 1.76 bits per heavy atom. The molecule has 21 heavy (non-hydrogen) atoms. The smallest absolute Gasteiger partial charge is 0.0709 e. The lowest BCUT2D eigenvalue weighted by Crippen LogP contribution is -1.91.